The van der Waals surface area contributed by atoms with E-state index < -0.39 is 0 Å². The number of nitrogens with one attached hydrogen (secondary N) is 1. The van der Waals surface area contributed by atoms with Crippen molar-refractivity contribution in [3.8, 4) is 28.5 Å². The van der Waals surface area contributed by atoms with Crippen LogP contribution in [0, 0.1) is 0 Å². The predicted molar refractivity (Wildman–Crippen MR) is 107 cm³/mol. The second-order valence-corrected chi connectivity index (χ2v) is 6.64. The molecule has 6 nitrogen and oxygen atoms in total. The quantitative estimate of drug-likeness (QED) is 0.642. The summed E-state index contributed by atoms with van der Waals surface area (Å²) >= 11 is 7.51. The molecule has 0 fully saturated rings. The molecule has 0 saturated carbocycles. The maximum absolute atomic E-state index is 12.7. The first-order valence-corrected chi connectivity index (χ1v) is 9.15. The molecule has 0 aliphatic rings. The Morgan fingerprint density at radius 2 is 1.70 bits per heavy atom. The number of benzene rings is 2. The molecule has 27 heavy (non-hydrogen) atoms. The number of ether oxygens (including phenoxy) is 3. The van der Waals surface area contributed by atoms with E-state index in [0.717, 1.165) is 5.56 Å². The van der Waals surface area contributed by atoms with E-state index in [1.165, 1.54) is 32.7 Å². The molecule has 1 aromatic heterocycles. The predicted octanol–water partition coefficient (Wildman–Crippen LogP) is 4.74. The van der Waals surface area contributed by atoms with Gasteiger partial charge in [0, 0.05) is 28.1 Å². The van der Waals surface area contributed by atoms with Crippen molar-refractivity contribution < 1.29 is 19.0 Å². The monoisotopic (exact) mass is 404 g/mol. The lowest BCUT2D eigenvalue weighted by molar-refractivity contribution is 0.102. The van der Waals surface area contributed by atoms with Crippen LogP contribution in [0.2, 0.25) is 5.02 Å². The zero-order valence-electron chi connectivity index (χ0n) is 14.9. The van der Waals surface area contributed by atoms with Gasteiger partial charge in [-0.15, -0.1) is 11.3 Å². The number of hydrogen-bond acceptors (Lipinski definition) is 6. The topological polar surface area (TPSA) is 69.7 Å². The summed E-state index contributed by atoms with van der Waals surface area (Å²) in [6.07, 6.45) is 0. The number of carbonyl (C=O) groups excluding carboxylic acids is 1. The van der Waals surface area contributed by atoms with Crippen LogP contribution >= 0.6 is 22.9 Å². The van der Waals surface area contributed by atoms with Crippen LogP contribution < -0.4 is 19.5 Å². The molecule has 3 rings (SSSR count). The Morgan fingerprint density at radius 3 is 2.37 bits per heavy atom. The fourth-order valence-corrected chi connectivity index (χ4v) is 3.43. The molecule has 2 aromatic carbocycles. The molecule has 8 heteroatoms. The summed E-state index contributed by atoms with van der Waals surface area (Å²) in [6.45, 7) is 0. The summed E-state index contributed by atoms with van der Waals surface area (Å²) in [6, 6.07) is 10.6. The van der Waals surface area contributed by atoms with Gasteiger partial charge in [0.25, 0.3) is 5.91 Å². The number of anilines is 1. The Morgan fingerprint density at radius 1 is 1.04 bits per heavy atom. The third-order valence-corrected chi connectivity index (χ3v) is 4.91. The van der Waals surface area contributed by atoms with Crippen molar-refractivity contribution in [1.82, 2.24) is 4.98 Å². The van der Waals surface area contributed by atoms with Crippen LogP contribution in [0.5, 0.6) is 17.2 Å². The van der Waals surface area contributed by atoms with Crippen molar-refractivity contribution >= 4 is 34.0 Å². The zero-order valence-corrected chi connectivity index (χ0v) is 16.5. The van der Waals surface area contributed by atoms with Gasteiger partial charge in [0.1, 0.15) is 5.75 Å². The molecule has 3 aromatic rings. The van der Waals surface area contributed by atoms with Crippen LogP contribution in [-0.2, 0) is 0 Å². The smallest absolute Gasteiger partial charge is 0.261 e. The van der Waals surface area contributed by atoms with Crippen molar-refractivity contribution in [2.45, 2.75) is 0 Å². The van der Waals surface area contributed by atoms with Crippen LogP contribution in [0.15, 0.2) is 41.8 Å². The minimum absolute atomic E-state index is 0.310. The first kappa shape index (κ1) is 19.0. The second-order valence-electron chi connectivity index (χ2n) is 5.38. The zero-order chi connectivity index (χ0) is 19.4. The van der Waals surface area contributed by atoms with E-state index in [1.54, 1.807) is 18.2 Å². The van der Waals surface area contributed by atoms with Gasteiger partial charge in [-0.3, -0.25) is 10.1 Å². The third kappa shape index (κ3) is 3.99. The molecule has 0 aliphatic carbocycles. The minimum Gasteiger partial charge on any atom is -0.496 e. The largest absolute Gasteiger partial charge is 0.496 e. The Hall–Kier alpha value is -2.77. The van der Waals surface area contributed by atoms with Crippen LogP contribution in [0.1, 0.15) is 10.4 Å². The van der Waals surface area contributed by atoms with Gasteiger partial charge in [-0.1, -0.05) is 29.8 Å². The number of aromatic nitrogens is 1. The normalized spacial score (nSPS) is 10.4. The molecule has 0 spiro atoms. The van der Waals surface area contributed by atoms with Gasteiger partial charge in [0.05, 0.1) is 32.6 Å². The number of thiazole rings is 1. The van der Waals surface area contributed by atoms with E-state index in [2.05, 4.69) is 10.3 Å². The molecular formula is C19H17ClN2O4S. The Labute approximate surface area is 165 Å². The van der Waals surface area contributed by atoms with E-state index >= 15 is 0 Å². The summed E-state index contributed by atoms with van der Waals surface area (Å²) in [5.74, 6) is 0.904. The third-order valence-electron chi connectivity index (χ3n) is 3.82. The molecule has 0 bridgehead atoms. The highest BCUT2D eigenvalue weighted by Gasteiger charge is 2.19. The van der Waals surface area contributed by atoms with Crippen molar-refractivity contribution in [1.29, 1.82) is 0 Å². The molecular weight excluding hydrogens is 388 g/mol. The van der Waals surface area contributed by atoms with E-state index in [9.17, 15) is 4.79 Å². The SMILES string of the molecule is COc1cc(OC)c(C(=O)Nc2nc(-c3ccccc3Cl)cs2)cc1OC. The Balaban J connectivity index is 1.87. The van der Waals surface area contributed by atoms with Gasteiger partial charge in [-0.05, 0) is 6.07 Å². The van der Waals surface area contributed by atoms with Crippen LogP contribution in [-0.4, -0.2) is 32.2 Å². The summed E-state index contributed by atoms with van der Waals surface area (Å²) in [5.41, 5.74) is 1.81. The van der Waals surface area contributed by atoms with E-state index in [0.29, 0.717) is 38.7 Å². The van der Waals surface area contributed by atoms with Gasteiger partial charge in [0.15, 0.2) is 16.6 Å². The van der Waals surface area contributed by atoms with Gasteiger partial charge in [-0.25, -0.2) is 4.98 Å². The van der Waals surface area contributed by atoms with Crippen LogP contribution in [0.4, 0.5) is 5.13 Å². The number of carbonyl (C=O) groups is 1. The Kier molecular flexibility index (Phi) is 5.83. The molecule has 1 heterocycles. The Bertz CT molecular complexity index is 974. The fraction of sp³-hybridized carbons (Fsp3) is 0.158. The number of methoxy groups -OCH3 is 3. The highest BCUT2D eigenvalue weighted by molar-refractivity contribution is 7.14. The van der Waals surface area contributed by atoms with Crippen LogP contribution in [0.3, 0.4) is 0 Å². The van der Waals surface area contributed by atoms with Crippen molar-refractivity contribution in [3.63, 3.8) is 0 Å². The van der Waals surface area contributed by atoms with Crippen molar-refractivity contribution in [2.75, 3.05) is 26.6 Å². The van der Waals surface area contributed by atoms with Crippen molar-refractivity contribution in [3.05, 3.63) is 52.4 Å². The number of halogens is 1. The van der Waals surface area contributed by atoms with Crippen molar-refractivity contribution in [2.24, 2.45) is 0 Å². The average Bonchev–Trinajstić information content (AvgIpc) is 3.15. The number of nitrogens with zero attached hydrogens (tertiary/aromatic N) is 1. The molecule has 1 amide bonds. The maximum atomic E-state index is 12.7. The molecule has 0 radical (unpaired) electrons. The van der Waals surface area contributed by atoms with E-state index in [1.807, 2.05) is 23.6 Å². The highest BCUT2D eigenvalue weighted by atomic mass is 35.5. The van der Waals surface area contributed by atoms with Gasteiger partial charge in [-0.2, -0.15) is 0 Å². The second kappa shape index (κ2) is 8.28. The van der Waals surface area contributed by atoms with Gasteiger partial charge in [0.2, 0.25) is 0 Å². The van der Waals surface area contributed by atoms with E-state index in [4.69, 9.17) is 25.8 Å². The lowest BCUT2D eigenvalue weighted by atomic mass is 10.1. The summed E-state index contributed by atoms with van der Waals surface area (Å²) < 4.78 is 15.8. The standard InChI is InChI=1S/C19H17ClN2O4S/c1-24-15-9-17(26-3)16(25-2)8-12(15)18(23)22-19-21-14(10-27-19)11-6-4-5-7-13(11)20/h4-10H,1-3H3,(H,21,22,23). The number of hydrogen-bond donors (Lipinski definition) is 1. The molecule has 0 saturated heterocycles. The average molecular weight is 405 g/mol. The summed E-state index contributed by atoms with van der Waals surface area (Å²) in [4.78, 5) is 17.2. The minimum atomic E-state index is -0.368. The first-order valence-electron chi connectivity index (χ1n) is 7.89. The number of rotatable bonds is 6. The lowest BCUT2D eigenvalue weighted by Crippen LogP contribution is -2.13. The molecule has 140 valence electrons. The summed E-state index contributed by atoms with van der Waals surface area (Å²) in [5, 5.41) is 5.67. The lowest BCUT2D eigenvalue weighted by Gasteiger charge is -2.13. The molecule has 0 atom stereocenters. The molecule has 0 unspecified atom stereocenters. The fourth-order valence-electron chi connectivity index (χ4n) is 2.49. The van der Waals surface area contributed by atoms with Gasteiger partial charge < -0.3 is 14.2 Å². The maximum Gasteiger partial charge on any atom is 0.261 e. The highest BCUT2D eigenvalue weighted by Crippen LogP contribution is 2.35. The van der Waals surface area contributed by atoms with E-state index in [-0.39, 0.29) is 5.91 Å². The number of amides is 1. The first-order chi connectivity index (χ1) is 13.1. The summed E-state index contributed by atoms with van der Waals surface area (Å²) in [7, 11) is 4.50. The molecule has 0 aliphatic heterocycles. The van der Waals surface area contributed by atoms with Crippen LogP contribution in [0.25, 0.3) is 11.3 Å². The molecule has 1 N–H and O–H groups in total. The van der Waals surface area contributed by atoms with Gasteiger partial charge >= 0.3 is 0 Å².